The quantitative estimate of drug-likeness (QED) is 0.903. The van der Waals surface area contributed by atoms with Gasteiger partial charge in [0.2, 0.25) is 0 Å². The van der Waals surface area contributed by atoms with E-state index >= 15 is 0 Å². The summed E-state index contributed by atoms with van der Waals surface area (Å²) >= 11 is 0. The maximum atomic E-state index is 13.6. The van der Waals surface area contributed by atoms with E-state index in [1.54, 1.807) is 6.07 Å². The highest BCUT2D eigenvalue weighted by Crippen LogP contribution is 2.22. The van der Waals surface area contributed by atoms with E-state index in [0.717, 1.165) is 25.6 Å². The van der Waals surface area contributed by atoms with Gasteiger partial charge in [0.25, 0.3) is 0 Å². The summed E-state index contributed by atoms with van der Waals surface area (Å²) in [5, 5.41) is 3.29. The molecule has 1 heterocycles. The van der Waals surface area contributed by atoms with Gasteiger partial charge in [-0.2, -0.15) is 0 Å². The SMILES string of the molecule is CNC(C)C1CCCN(Cc2ccc(F)cc2F)C1. The van der Waals surface area contributed by atoms with Crippen molar-refractivity contribution in [3.8, 4) is 0 Å². The van der Waals surface area contributed by atoms with Gasteiger partial charge in [0, 0.05) is 30.8 Å². The Morgan fingerprint density at radius 3 is 2.89 bits per heavy atom. The Morgan fingerprint density at radius 1 is 1.42 bits per heavy atom. The lowest BCUT2D eigenvalue weighted by atomic mass is 9.91. The van der Waals surface area contributed by atoms with Crippen LogP contribution in [0.3, 0.4) is 0 Å². The molecule has 19 heavy (non-hydrogen) atoms. The highest BCUT2D eigenvalue weighted by Gasteiger charge is 2.24. The van der Waals surface area contributed by atoms with Crippen LogP contribution in [0.4, 0.5) is 8.78 Å². The van der Waals surface area contributed by atoms with Crippen LogP contribution in [0.1, 0.15) is 25.3 Å². The molecule has 0 aliphatic carbocycles. The average molecular weight is 268 g/mol. The van der Waals surface area contributed by atoms with Crippen LogP contribution in [0, 0.1) is 17.6 Å². The fourth-order valence-electron chi connectivity index (χ4n) is 2.77. The Balaban J connectivity index is 1.98. The number of benzene rings is 1. The first-order valence-electron chi connectivity index (χ1n) is 6.93. The van der Waals surface area contributed by atoms with Gasteiger partial charge in [-0.25, -0.2) is 8.78 Å². The van der Waals surface area contributed by atoms with Crippen molar-refractivity contribution < 1.29 is 8.78 Å². The lowest BCUT2D eigenvalue weighted by molar-refractivity contribution is 0.145. The Kier molecular flexibility index (Phi) is 4.88. The Morgan fingerprint density at radius 2 is 2.21 bits per heavy atom. The normalized spacial score (nSPS) is 22.4. The molecule has 0 aromatic heterocycles. The van der Waals surface area contributed by atoms with E-state index < -0.39 is 11.6 Å². The molecule has 0 saturated carbocycles. The molecule has 2 atom stereocenters. The van der Waals surface area contributed by atoms with Gasteiger partial charge >= 0.3 is 0 Å². The molecule has 1 aromatic carbocycles. The molecule has 0 spiro atoms. The van der Waals surface area contributed by atoms with E-state index in [1.165, 1.54) is 12.5 Å². The predicted molar refractivity (Wildman–Crippen MR) is 72.9 cm³/mol. The average Bonchev–Trinajstić information content (AvgIpc) is 2.41. The van der Waals surface area contributed by atoms with Crippen molar-refractivity contribution >= 4 is 0 Å². The Bertz CT molecular complexity index is 423. The number of hydrogen-bond donors (Lipinski definition) is 1. The van der Waals surface area contributed by atoms with Crippen molar-refractivity contribution in [2.45, 2.75) is 32.4 Å². The van der Waals surface area contributed by atoms with Crippen LogP contribution in [0.25, 0.3) is 0 Å². The first kappa shape index (κ1) is 14.4. The summed E-state index contributed by atoms with van der Waals surface area (Å²) in [6, 6.07) is 4.32. The minimum Gasteiger partial charge on any atom is -0.317 e. The zero-order chi connectivity index (χ0) is 13.8. The Hall–Kier alpha value is -1.00. The van der Waals surface area contributed by atoms with Gasteiger partial charge in [-0.15, -0.1) is 0 Å². The topological polar surface area (TPSA) is 15.3 Å². The maximum Gasteiger partial charge on any atom is 0.130 e. The molecular weight excluding hydrogens is 246 g/mol. The molecule has 2 nitrogen and oxygen atoms in total. The van der Waals surface area contributed by atoms with Gasteiger partial charge in [0.1, 0.15) is 11.6 Å². The molecule has 1 fully saturated rings. The number of nitrogens with one attached hydrogen (secondary N) is 1. The van der Waals surface area contributed by atoms with Gasteiger partial charge in [0.05, 0.1) is 0 Å². The lowest BCUT2D eigenvalue weighted by Gasteiger charge is -2.35. The smallest absolute Gasteiger partial charge is 0.130 e. The summed E-state index contributed by atoms with van der Waals surface area (Å²) in [6.45, 7) is 4.72. The molecule has 1 aromatic rings. The van der Waals surface area contributed by atoms with E-state index in [0.29, 0.717) is 24.1 Å². The maximum absolute atomic E-state index is 13.6. The van der Waals surface area contributed by atoms with E-state index in [1.807, 2.05) is 7.05 Å². The lowest BCUT2D eigenvalue weighted by Crippen LogP contribution is -2.43. The molecular formula is C15H22F2N2. The first-order chi connectivity index (χ1) is 9.10. The van der Waals surface area contributed by atoms with Gasteiger partial charge in [-0.05, 0) is 45.3 Å². The molecule has 1 N–H and O–H groups in total. The number of likely N-dealkylation sites (tertiary alicyclic amines) is 1. The van der Waals surface area contributed by atoms with Crippen molar-refractivity contribution in [2.75, 3.05) is 20.1 Å². The highest BCUT2D eigenvalue weighted by atomic mass is 19.1. The largest absolute Gasteiger partial charge is 0.317 e. The summed E-state index contributed by atoms with van der Waals surface area (Å²) in [5.41, 5.74) is 0.583. The summed E-state index contributed by atoms with van der Waals surface area (Å²) < 4.78 is 26.5. The molecule has 0 amide bonds. The van der Waals surface area contributed by atoms with Crippen LogP contribution >= 0.6 is 0 Å². The predicted octanol–water partition coefficient (Wildman–Crippen LogP) is 2.78. The van der Waals surface area contributed by atoms with E-state index in [2.05, 4.69) is 17.1 Å². The minimum atomic E-state index is -0.512. The molecule has 0 bridgehead atoms. The molecule has 2 unspecified atom stereocenters. The molecule has 1 aliphatic heterocycles. The van der Waals surface area contributed by atoms with Crippen LogP contribution in [-0.4, -0.2) is 31.1 Å². The Labute approximate surface area is 113 Å². The minimum absolute atomic E-state index is 0.441. The van der Waals surface area contributed by atoms with E-state index in [-0.39, 0.29) is 0 Å². The van der Waals surface area contributed by atoms with Crippen molar-refractivity contribution in [3.05, 3.63) is 35.4 Å². The van der Waals surface area contributed by atoms with Crippen LogP contribution in [-0.2, 0) is 6.54 Å². The van der Waals surface area contributed by atoms with Crippen molar-refractivity contribution in [3.63, 3.8) is 0 Å². The zero-order valence-corrected chi connectivity index (χ0v) is 11.6. The fraction of sp³-hybridized carbons (Fsp3) is 0.600. The second kappa shape index (κ2) is 6.44. The van der Waals surface area contributed by atoms with Crippen molar-refractivity contribution in [2.24, 2.45) is 5.92 Å². The molecule has 1 aliphatic rings. The van der Waals surface area contributed by atoms with Gasteiger partial charge in [-0.3, -0.25) is 4.90 Å². The first-order valence-corrected chi connectivity index (χ1v) is 6.93. The second-order valence-electron chi connectivity index (χ2n) is 5.45. The molecule has 0 radical (unpaired) electrons. The number of piperidine rings is 1. The highest BCUT2D eigenvalue weighted by molar-refractivity contribution is 5.18. The van der Waals surface area contributed by atoms with Gasteiger partial charge < -0.3 is 5.32 Å². The van der Waals surface area contributed by atoms with Crippen LogP contribution < -0.4 is 5.32 Å². The van der Waals surface area contributed by atoms with Crippen LogP contribution in [0.5, 0.6) is 0 Å². The number of nitrogens with zero attached hydrogens (tertiary/aromatic N) is 1. The van der Waals surface area contributed by atoms with Gasteiger partial charge in [0.15, 0.2) is 0 Å². The van der Waals surface area contributed by atoms with Crippen LogP contribution in [0.2, 0.25) is 0 Å². The number of hydrogen-bond acceptors (Lipinski definition) is 2. The van der Waals surface area contributed by atoms with Crippen molar-refractivity contribution in [1.82, 2.24) is 10.2 Å². The molecule has 4 heteroatoms. The molecule has 2 rings (SSSR count). The number of rotatable bonds is 4. The van der Waals surface area contributed by atoms with Crippen LogP contribution in [0.15, 0.2) is 18.2 Å². The third-order valence-corrected chi connectivity index (χ3v) is 4.11. The standard InChI is InChI=1S/C15H22F2N2/c1-11(18-2)12-4-3-7-19(9-12)10-13-5-6-14(16)8-15(13)17/h5-6,8,11-12,18H,3-4,7,9-10H2,1-2H3. The second-order valence-corrected chi connectivity index (χ2v) is 5.45. The van der Waals surface area contributed by atoms with Crippen molar-refractivity contribution in [1.29, 1.82) is 0 Å². The summed E-state index contributed by atoms with van der Waals surface area (Å²) in [7, 11) is 1.98. The van der Waals surface area contributed by atoms with Gasteiger partial charge in [-0.1, -0.05) is 6.07 Å². The van der Waals surface area contributed by atoms with E-state index in [4.69, 9.17) is 0 Å². The fourth-order valence-corrected chi connectivity index (χ4v) is 2.77. The monoisotopic (exact) mass is 268 g/mol. The summed E-state index contributed by atoms with van der Waals surface area (Å²) in [4.78, 5) is 2.26. The molecule has 106 valence electrons. The number of halogens is 2. The third kappa shape index (κ3) is 3.74. The van der Waals surface area contributed by atoms with E-state index in [9.17, 15) is 8.78 Å². The molecule has 1 saturated heterocycles. The third-order valence-electron chi connectivity index (χ3n) is 4.11. The summed E-state index contributed by atoms with van der Waals surface area (Å²) in [6.07, 6.45) is 2.35. The zero-order valence-electron chi connectivity index (χ0n) is 11.6. The summed E-state index contributed by atoms with van der Waals surface area (Å²) in [5.74, 6) is -0.354.